The number of benzene rings is 1. The molecule has 3 aromatic rings. The van der Waals surface area contributed by atoms with Crippen LogP contribution in [0.3, 0.4) is 0 Å². The molecule has 150 valence electrons. The minimum absolute atomic E-state index is 0.102. The van der Waals surface area contributed by atoms with Gasteiger partial charge in [-0.2, -0.15) is 0 Å². The number of hydrogen-bond acceptors (Lipinski definition) is 5. The molecule has 1 fully saturated rings. The molecule has 29 heavy (non-hydrogen) atoms. The van der Waals surface area contributed by atoms with Gasteiger partial charge in [0.15, 0.2) is 0 Å². The van der Waals surface area contributed by atoms with E-state index in [0.29, 0.717) is 6.54 Å². The van der Waals surface area contributed by atoms with E-state index in [4.69, 9.17) is 4.74 Å². The molecule has 1 amide bonds. The van der Waals surface area contributed by atoms with E-state index in [-0.39, 0.29) is 18.0 Å². The Labute approximate surface area is 174 Å². The summed E-state index contributed by atoms with van der Waals surface area (Å²) < 4.78 is 7.54. The number of nitrogens with zero attached hydrogens (tertiary/aromatic N) is 4. The van der Waals surface area contributed by atoms with Gasteiger partial charge < -0.3 is 14.2 Å². The van der Waals surface area contributed by atoms with Gasteiger partial charge in [-0.25, -0.2) is 4.98 Å². The van der Waals surface area contributed by atoms with Gasteiger partial charge in [-0.1, -0.05) is 12.1 Å². The van der Waals surface area contributed by atoms with Crippen LogP contribution in [0.1, 0.15) is 32.8 Å². The second-order valence-electron chi connectivity index (χ2n) is 7.77. The van der Waals surface area contributed by atoms with E-state index in [2.05, 4.69) is 32.0 Å². The first kappa shape index (κ1) is 18.4. The molecule has 4 heterocycles. The fraction of sp³-hybridized carbons (Fsp3) is 0.364. The number of carbonyl (C=O) groups is 1. The molecule has 0 N–H and O–H groups in total. The zero-order valence-corrected chi connectivity index (χ0v) is 17.4. The van der Waals surface area contributed by atoms with Crippen LogP contribution in [0.5, 0.6) is 5.75 Å². The smallest absolute Gasteiger partial charge is 0.271 e. The average molecular weight is 409 g/mol. The zero-order chi connectivity index (χ0) is 20.0. The monoisotopic (exact) mass is 408 g/mol. The maximum atomic E-state index is 13.2. The predicted octanol–water partition coefficient (Wildman–Crippen LogP) is 3.34. The van der Waals surface area contributed by atoms with Gasteiger partial charge in [-0.15, -0.1) is 11.3 Å². The first-order valence-corrected chi connectivity index (χ1v) is 10.7. The second-order valence-corrected chi connectivity index (χ2v) is 8.83. The van der Waals surface area contributed by atoms with Crippen LogP contribution in [0.2, 0.25) is 0 Å². The molecule has 5 rings (SSSR count). The number of likely N-dealkylation sites (tertiary alicyclic amines) is 1. The summed E-state index contributed by atoms with van der Waals surface area (Å²) in [7, 11) is 1.70. The molecule has 2 aromatic heterocycles. The minimum Gasteiger partial charge on any atom is -0.497 e. The van der Waals surface area contributed by atoms with Crippen molar-refractivity contribution in [2.45, 2.75) is 32.1 Å². The third kappa shape index (κ3) is 3.34. The van der Waals surface area contributed by atoms with Crippen molar-refractivity contribution in [3.8, 4) is 5.75 Å². The van der Waals surface area contributed by atoms with Gasteiger partial charge in [0.05, 0.1) is 36.4 Å². The van der Waals surface area contributed by atoms with Crippen LogP contribution in [0, 0.1) is 6.92 Å². The summed E-state index contributed by atoms with van der Waals surface area (Å²) in [5.74, 6) is 0.979. The van der Waals surface area contributed by atoms with Crippen molar-refractivity contribution in [3.63, 3.8) is 0 Å². The number of amides is 1. The second kappa shape index (κ2) is 7.31. The first-order valence-electron chi connectivity index (χ1n) is 9.86. The zero-order valence-electron chi connectivity index (χ0n) is 16.6. The summed E-state index contributed by atoms with van der Waals surface area (Å²) in [5, 5.41) is 3.10. The maximum absolute atomic E-state index is 13.2. The Balaban J connectivity index is 1.41. The van der Waals surface area contributed by atoms with Crippen LogP contribution in [0.25, 0.3) is 0 Å². The van der Waals surface area contributed by atoms with Crippen LogP contribution < -0.4 is 4.74 Å². The number of fused-ring (bicyclic) bond motifs is 3. The summed E-state index contributed by atoms with van der Waals surface area (Å²) in [4.78, 5) is 22.3. The van der Waals surface area contributed by atoms with Gasteiger partial charge >= 0.3 is 0 Å². The summed E-state index contributed by atoms with van der Waals surface area (Å²) in [6.45, 7) is 5.20. The van der Waals surface area contributed by atoms with Gasteiger partial charge in [0.1, 0.15) is 11.4 Å². The van der Waals surface area contributed by atoms with Crippen LogP contribution in [0.15, 0.2) is 48.0 Å². The Morgan fingerprint density at radius 1 is 1.17 bits per heavy atom. The van der Waals surface area contributed by atoms with Crippen molar-refractivity contribution in [3.05, 3.63) is 69.9 Å². The molecule has 0 spiro atoms. The Kier molecular flexibility index (Phi) is 4.64. The Bertz CT molecular complexity index is 1040. The molecule has 2 aliphatic heterocycles. The van der Waals surface area contributed by atoms with E-state index >= 15 is 0 Å². The number of aromatic nitrogens is 2. The molecule has 0 unspecified atom stereocenters. The van der Waals surface area contributed by atoms with E-state index in [1.807, 2.05) is 42.3 Å². The van der Waals surface area contributed by atoms with Crippen molar-refractivity contribution in [1.29, 1.82) is 0 Å². The molecule has 2 aliphatic rings. The van der Waals surface area contributed by atoms with E-state index in [9.17, 15) is 4.79 Å². The Hall–Kier alpha value is -2.64. The average Bonchev–Trinajstić information content (AvgIpc) is 3.45. The van der Waals surface area contributed by atoms with Crippen LogP contribution in [0.4, 0.5) is 0 Å². The Morgan fingerprint density at radius 2 is 2.03 bits per heavy atom. The SMILES string of the molecule is COc1cccc(CN2C[C@@H]3[C@H](C2)n2cccc2C(=O)N3Cc2csc(C)n2)c1. The molecular weight excluding hydrogens is 384 g/mol. The van der Waals surface area contributed by atoms with Crippen LogP contribution in [-0.2, 0) is 13.1 Å². The van der Waals surface area contributed by atoms with E-state index in [0.717, 1.165) is 41.8 Å². The van der Waals surface area contributed by atoms with Gasteiger partial charge in [0, 0.05) is 31.2 Å². The normalized spacial score (nSPS) is 21.3. The van der Waals surface area contributed by atoms with Crippen molar-refractivity contribution in [2.24, 2.45) is 0 Å². The molecule has 6 nitrogen and oxygen atoms in total. The van der Waals surface area contributed by atoms with E-state index in [1.165, 1.54) is 5.56 Å². The first-order chi connectivity index (χ1) is 14.1. The summed E-state index contributed by atoms with van der Waals surface area (Å²) in [6.07, 6.45) is 2.05. The number of aryl methyl sites for hydroxylation is 1. The fourth-order valence-electron chi connectivity index (χ4n) is 4.59. The van der Waals surface area contributed by atoms with Crippen LogP contribution >= 0.6 is 11.3 Å². The highest BCUT2D eigenvalue weighted by molar-refractivity contribution is 7.09. The summed E-state index contributed by atoms with van der Waals surface area (Å²) in [5.41, 5.74) is 2.98. The lowest BCUT2D eigenvalue weighted by Crippen LogP contribution is -2.49. The van der Waals surface area contributed by atoms with Gasteiger partial charge in [-0.3, -0.25) is 9.69 Å². The fourth-order valence-corrected chi connectivity index (χ4v) is 5.19. The highest BCUT2D eigenvalue weighted by atomic mass is 32.1. The lowest BCUT2D eigenvalue weighted by molar-refractivity contribution is 0.0553. The third-order valence-corrected chi connectivity index (χ3v) is 6.71. The molecular formula is C22H24N4O2S. The van der Waals surface area contributed by atoms with Crippen molar-refractivity contribution < 1.29 is 9.53 Å². The molecule has 7 heteroatoms. The van der Waals surface area contributed by atoms with Crippen molar-refractivity contribution in [2.75, 3.05) is 20.2 Å². The molecule has 0 bridgehead atoms. The summed E-state index contributed by atoms with van der Waals surface area (Å²) >= 11 is 1.64. The highest BCUT2D eigenvalue weighted by Crippen LogP contribution is 2.35. The lowest BCUT2D eigenvalue weighted by Gasteiger charge is -2.38. The molecule has 0 radical (unpaired) electrons. The number of rotatable bonds is 5. The third-order valence-electron chi connectivity index (χ3n) is 5.89. The predicted molar refractivity (Wildman–Crippen MR) is 112 cm³/mol. The summed E-state index contributed by atoms with van der Waals surface area (Å²) in [6, 6.07) is 12.5. The number of methoxy groups -OCH3 is 1. The van der Waals surface area contributed by atoms with Gasteiger partial charge in [0.2, 0.25) is 0 Å². The maximum Gasteiger partial charge on any atom is 0.271 e. The van der Waals surface area contributed by atoms with Gasteiger partial charge in [-0.05, 0) is 36.8 Å². The molecule has 0 aliphatic carbocycles. The topological polar surface area (TPSA) is 50.6 Å². The van der Waals surface area contributed by atoms with E-state index in [1.54, 1.807) is 18.4 Å². The number of ether oxygens (including phenoxy) is 1. The lowest BCUT2D eigenvalue weighted by atomic mass is 10.1. The quantitative estimate of drug-likeness (QED) is 0.650. The van der Waals surface area contributed by atoms with Gasteiger partial charge in [0.25, 0.3) is 5.91 Å². The molecule has 0 saturated carbocycles. The standard InChI is InChI=1S/C22H24N4O2S/c1-15-23-17(14-29-15)11-26-21-13-24(10-16-5-3-6-18(9-16)28-2)12-20(21)25-8-4-7-19(25)22(26)27/h3-9,14,20-21H,10-13H2,1-2H3/t20-,21+/m0/s1. The number of thiazole rings is 1. The molecule has 1 saturated heterocycles. The number of carbonyl (C=O) groups excluding carboxylic acids is 1. The highest BCUT2D eigenvalue weighted by Gasteiger charge is 2.45. The minimum atomic E-state index is 0.102. The molecule has 2 atom stereocenters. The van der Waals surface area contributed by atoms with Crippen LogP contribution in [-0.4, -0.2) is 51.5 Å². The molecule has 1 aromatic carbocycles. The van der Waals surface area contributed by atoms with E-state index < -0.39 is 0 Å². The van der Waals surface area contributed by atoms with Crippen molar-refractivity contribution >= 4 is 17.2 Å². The van der Waals surface area contributed by atoms with Crippen molar-refractivity contribution in [1.82, 2.24) is 19.4 Å². The largest absolute Gasteiger partial charge is 0.497 e. The number of hydrogen-bond donors (Lipinski definition) is 0. The Morgan fingerprint density at radius 3 is 2.83 bits per heavy atom.